The summed E-state index contributed by atoms with van der Waals surface area (Å²) in [6.45, 7) is 4.80. The number of hydrogen-bond acceptors (Lipinski definition) is 5. The van der Waals surface area contributed by atoms with E-state index in [2.05, 4.69) is 5.10 Å². The van der Waals surface area contributed by atoms with Crippen LogP contribution in [-0.2, 0) is 22.7 Å². The van der Waals surface area contributed by atoms with Crippen LogP contribution in [0.4, 0.5) is 0 Å². The fourth-order valence-electron chi connectivity index (χ4n) is 4.98. The summed E-state index contributed by atoms with van der Waals surface area (Å²) in [5.41, 5.74) is 2.01. The monoisotopic (exact) mass is 424 g/mol. The maximum absolute atomic E-state index is 12.8. The minimum Gasteiger partial charge on any atom is -0.454 e. The standard InChI is InChI=1S/C23H28N4O4/c1-16-6-10-26(24-16)11-8-22(28)25-9-7-19-18(14-25)3-5-23(29)27(19)13-17-2-4-20-21(12-17)31-15-30-20/h2,4,6,10,12,18-19H,3,5,7-9,11,13-15H2,1H3/t18-,19+/m1/s1. The molecule has 1 aromatic heterocycles. The molecule has 164 valence electrons. The normalized spacial score (nSPS) is 22.5. The number of carbonyl (C=O) groups excluding carboxylic acids is 2. The Balaban J connectivity index is 1.21. The predicted octanol–water partition coefficient (Wildman–Crippen LogP) is 2.35. The van der Waals surface area contributed by atoms with E-state index in [-0.39, 0.29) is 24.6 Å². The van der Waals surface area contributed by atoms with Gasteiger partial charge in [-0.3, -0.25) is 14.3 Å². The first-order valence-corrected chi connectivity index (χ1v) is 11.0. The van der Waals surface area contributed by atoms with Crippen molar-refractivity contribution >= 4 is 11.8 Å². The van der Waals surface area contributed by atoms with Gasteiger partial charge in [0.15, 0.2) is 11.5 Å². The van der Waals surface area contributed by atoms with Gasteiger partial charge in [-0.2, -0.15) is 5.10 Å². The molecule has 3 aliphatic heterocycles. The average molecular weight is 425 g/mol. The summed E-state index contributed by atoms with van der Waals surface area (Å²) in [7, 11) is 0. The minimum atomic E-state index is 0.172. The topological polar surface area (TPSA) is 76.9 Å². The molecule has 0 spiro atoms. The summed E-state index contributed by atoms with van der Waals surface area (Å²) in [5, 5.41) is 4.36. The van der Waals surface area contributed by atoms with Crippen molar-refractivity contribution in [3.63, 3.8) is 0 Å². The van der Waals surface area contributed by atoms with Gasteiger partial charge in [-0.1, -0.05) is 6.07 Å². The molecule has 3 aliphatic rings. The number of aromatic nitrogens is 2. The van der Waals surface area contributed by atoms with Crippen molar-refractivity contribution in [3.05, 3.63) is 41.7 Å². The zero-order valence-electron chi connectivity index (χ0n) is 17.8. The Morgan fingerprint density at radius 2 is 2.06 bits per heavy atom. The van der Waals surface area contributed by atoms with E-state index in [0.29, 0.717) is 38.4 Å². The van der Waals surface area contributed by atoms with Crippen molar-refractivity contribution in [2.24, 2.45) is 5.92 Å². The number of ether oxygens (including phenoxy) is 2. The fraction of sp³-hybridized carbons (Fsp3) is 0.522. The van der Waals surface area contributed by atoms with Crippen molar-refractivity contribution in [1.29, 1.82) is 0 Å². The second kappa shape index (κ2) is 8.24. The Labute approximate surface area is 181 Å². The SMILES string of the molecule is Cc1ccn(CCC(=O)N2CC[C@H]3[C@H](CCC(=O)N3Cc3ccc4c(c3)OCO4)C2)n1. The van der Waals surface area contributed by atoms with Crippen LogP contribution in [-0.4, -0.2) is 57.3 Å². The van der Waals surface area contributed by atoms with E-state index >= 15 is 0 Å². The minimum absolute atomic E-state index is 0.172. The number of likely N-dealkylation sites (tertiary alicyclic amines) is 2. The van der Waals surface area contributed by atoms with Crippen LogP contribution in [0.15, 0.2) is 30.5 Å². The van der Waals surface area contributed by atoms with Crippen molar-refractivity contribution < 1.29 is 19.1 Å². The molecule has 2 amide bonds. The van der Waals surface area contributed by atoms with Crippen LogP contribution < -0.4 is 9.47 Å². The zero-order chi connectivity index (χ0) is 21.4. The van der Waals surface area contributed by atoms with Gasteiger partial charge in [0.25, 0.3) is 0 Å². The third-order valence-corrected chi connectivity index (χ3v) is 6.61. The van der Waals surface area contributed by atoms with Gasteiger partial charge in [-0.15, -0.1) is 0 Å². The second-order valence-electron chi connectivity index (χ2n) is 8.67. The summed E-state index contributed by atoms with van der Waals surface area (Å²) in [6, 6.07) is 8.01. The van der Waals surface area contributed by atoms with E-state index in [4.69, 9.17) is 9.47 Å². The van der Waals surface area contributed by atoms with Gasteiger partial charge < -0.3 is 19.3 Å². The Morgan fingerprint density at radius 3 is 2.90 bits per heavy atom. The van der Waals surface area contributed by atoms with Crippen LogP contribution >= 0.6 is 0 Å². The average Bonchev–Trinajstić information content (AvgIpc) is 3.42. The van der Waals surface area contributed by atoms with Crippen LogP contribution in [0.1, 0.15) is 36.9 Å². The number of amides is 2. The quantitative estimate of drug-likeness (QED) is 0.736. The third kappa shape index (κ3) is 4.11. The van der Waals surface area contributed by atoms with Crippen molar-refractivity contribution in [2.45, 2.75) is 51.7 Å². The van der Waals surface area contributed by atoms with Crippen molar-refractivity contribution in [1.82, 2.24) is 19.6 Å². The highest BCUT2D eigenvalue weighted by Gasteiger charge is 2.40. The zero-order valence-corrected chi connectivity index (χ0v) is 17.8. The van der Waals surface area contributed by atoms with Gasteiger partial charge >= 0.3 is 0 Å². The summed E-state index contributed by atoms with van der Waals surface area (Å²) < 4.78 is 12.7. The van der Waals surface area contributed by atoms with Crippen molar-refractivity contribution in [2.75, 3.05) is 19.9 Å². The second-order valence-corrected chi connectivity index (χ2v) is 8.67. The Morgan fingerprint density at radius 1 is 1.19 bits per heavy atom. The third-order valence-electron chi connectivity index (χ3n) is 6.61. The van der Waals surface area contributed by atoms with E-state index in [9.17, 15) is 9.59 Å². The number of benzene rings is 1. The van der Waals surface area contributed by atoms with Gasteiger partial charge in [0.2, 0.25) is 18.6 Å². The molecule has 0 bridgehead atoms. The van der Waals surface area contributed by atoms with E-state index in [1.165, 1.54) is 0 Å². The number of fused-ring (bicyclic) bond motifs is 2. The molecule has 8 heteroatoms. The molecule has 0 N–H and O–H groups in total. The number of piperidine rings is 2. The van der Waals surface area contributed by atoms with Crippen LogP contribution in [0.2, 0.25) is 0 Å². The number of aryl methyl sites for hydroxylation is 2. The Kier molecular flexibility index (Phi) is 5.29. The fourth-order valence-corrected chi connectivity index (χ4v) is 4.98. The molecule has 0 saturated carbocycles. The first-order valence-electron chi connectivity index (χ1n) is 11.0. The lowest BCUT2D eigenvalue weighted by Gasteiger charge is -2.47. The lowest BCUT2D eigenvalue weighted by molar-refractivity contribution is -0.145. The number of carbonyl (C=O) groups is 2. The lowest BCUT2D eigenvalue weighted by Crippen LogP contribution is -2.56. The number of nitrogens with zero attached hydrogens (tertiary/aromatic N) is 4. The highest BCUT2D eigenvalue weighted by atomic mass is 16.7. The van der Waals surface area contributed by atoms with E-state index in [1.54, 1.807) is 0 Å². The van der Waals surface area contributed by atoms with Crippen LogP contribution in [0.25, 0.3) is 0 Å². The van der Waals surface area contributed by atoms with E-state index in [1.807, 2.05) is 51.9 Å². The molecule has 2 fully saturated rings. The van der Waals surface area contributed by atoms with Crippen molar-refractivity contribution in [3.8, 4) is 11.5 Å². The Bertz CT molecular complexity index is 988. The molecule has 31 heavy (non-hydrogen) atoms. The van der Waals surface area contributed by atoms with Crippen LogP contribution in [0.5, 0.6) is 11.5 Å². The summed E-state index contributed by atoms with van der Waals surface area (Å²) in [5.74, 6) is 2.20. The Hall–Kier alpha value is -3.03. The van der Waals surface area contributed by atoms with Gasteiger partial charge in [-0.25, -0.2) is 0 Å². The molecule has 8 nitrogen and oxygen atoms in total. The maximum atomic E-state index is 12.8. The molecule has 2 atom stereocenters. The smallest absolute Gasteiger partial charge is 0.231 e. The first kappa shape index (κ1) is 19.9. The van der Waals surface area contributed by atoms with E-state index in [0.717, 1.165) is 42.1 Å². The summed E-state index contributed by atoms with van der Waals surface area (Å²) in [4.78, 5) is 29.5. The lowest BCUT2D eigenvalue weighted by atomic mass is 9.83. The molecular weight excluding hydrogens is 396 g/mol. The van der Waals surface area contributed by atoms with Crippen LogP contribution in [0, 0.1) is 12.8 Å². The molecule has 5 rings (SSSR count). The van der Waals surface area contributed by atoms with Gasteiger partial charge in [-0.05, 0) is 49.4 Å². The van der Waals surface area contributed by atoms with Gasteiger partial charge in [0.05, 0.1) is 5.69 Å². The highest BCUT2D eigenvalue weighted by molar-refractivity contribution is 5.78. The molecule has 1 aromatic carbocycles. The molecule has 0 aliphatic carbocycles. The molecule has 4 heterocycles. The molecule has 2 aromatic rings. The largest absolute Gasteiger partial charge is 0.454 e. The summed E-state index contributed by atoms with van der Waals surface area (Å²) >= 11 is 0. The number of rotatable bonds is 5. The molecular formula is C23H28N4O4. The molecule has 2 saturated heterocycles. The molecule has 0 radical (unpaired) electrons. The number of hydrogen-bond donors (Lipinski definition) is 0. The van der Waals surface area contributed by atoms with E-state index < -0.39 is 0 Å². The molecule has 0 unspecified atom stereocenters. The predicted molar refractivity (Wildman–Crippen MR) is 112 cm³/mol. The van der Waals surface area contributed by atoms with Gasteiger partial charge in [0, 0.05) is 51.3 Å². The highest BCUT2D eigenvalue weighted by Crippen LogP contribution is 2.36. The maximum Gasteiger partial charge on any atom is 0.231 e. The summed E-state index contributed by atoms with van der Waals surface area (Å²) in [6.07, 6.45) is 4.59. The van der Waals surface area contributed by atoms with Gasteiger partial charge in [0.1, 0.15) is 0 Å². The van der Waals surface area contributed by atoms with Crippen LogP contribution in [0.3, 0.4) is 0 Å². The first-order chi connectivity index (χ1) is 15.1.